The minimum atomic E-state index is -0.621. The van der Waals surface area contributed by atoms with E-state index in [2.05, 4.69) is 24.1 Å². The zero-order chi connectivity index (χ0) is 13.1. The van der Waals surface area contributed by atoms with E-state index in [1.54, 1.807) is 12.3 Å². The summed E-state index contributed by atoms with van der Waals surface area (Å²) in [5.74, 6) is -0.957. The monoisotopic (exact) mass is 266 g/mol. The highest BCUT2D eigenvalue weighted by Crippen LogP contribution is 2.28. The Hall–Kier alpha value is -1.46. The number of phenolic OH excluding ortho intramolecular Hbond substituents is 1. The zero-order valence-corrected chi connectivity index (χ0v) is 11.1. The van der Waals surface area contributed by atoms with E-state index in [4.69, 9.17) is 5.11 Å². The topological polar surface area (TPSA) is 45.2 Å². The molecule has 1 heterocycles. The van der Waals surface area contributed by atoms with E-state index in [0.29, 0.717) is 11.6 Å². The predicted octanol–water partition coefficient (Wildman–Crippen LogP) is 3.15. The van der Waals surface area contributed by atoms with Crippen molar-refractivity contribution in [2.45, 2.75) is 26.4 Å². The second-order valence-corrected chi connectivity index (χ2v) is 5.45. The summed E-state index contributed by atoms with van der Waals surface area (Å²) in [6.45, 7) is 4.92. The molecule has 96 valence electrons. The van der Waals surface area contributed by atoms with Crippen LogP contribution in [0.3, 0.4) is 0 Å². The van der Waals surface area contributed by atoms with E-state index in [1.807, 2.05) is 0 Å². The molecule has 0 radical (unpaired) electrons. The number of aromatic hydroxyl groups is 1. The molecule has 0 aliphatic carbocycles. The van der Waals surface area contributed by atoms with Crippen LogP contribution in [-0.2, 0) is 6.54 Å². The molecule has 2 rings (SSSR count). The number of thiazole rings is 1. The van der Waals surface area contributed by atoms with E-state index < -0.39 is 5.82 Å². The first kappa shape index (κ1) is 13.0. The SMILES string of the molecule is CC(C)NCc1cnc(-c2ccc(O)c(F)c2)s1. The Morgan fingerprint density at radius 1 is 1.44 bits per heavy atom. The largest absolute Gasteiger partial charge is 0.505 e. The van der Waals surface area contributed by atoms with Gasteiger partial charge >= 0.3 is 0 Å². The van der Waals surface area contributed by atoms with Gasteiger partial charge in [-0.25, -0.2) is 9.37 Å². The summed E-state index contributed by atoms with van der Waals surface area (Å²) in [4.78, 5) is 5.37. The molecule has 18 heavy (non-hydrogen) atoms. The summed E-state index contributed by atoms with van der Waals surface area (Å²) in [7, 11) is 0. The first-order valence-electron chi connectivity index (χ1n) is 5.73. The number of hydrogen-bond acceptors (Lipinski definition) is 4. The minimum absolute atomic E-state index is 0.336. The molecular weight excluding hydrogens is 251 g/mol. The number of nitrogens with zero attached hydrogens (tertiary/aromatic N) is 1. The van der Waals surface area contributed by atoms with Gasteiger partial charge in [0.15, 0.2) is 11.6 Å². The molecule has 2 aromatic rings. The van der Waals surface area contributed by atoms with Gasteiger partial charge in [-0.15, -0.1) is 11.3 Å². The molecule has 0 spiro atoms. The van der Waals surface area contributed by atoms with Crippen molar-refractivity contribution >= 4 is 11.3 Å². The van der Waals surface area contributed by atoms with Crippen LogP contribution in [0.25, 0.3) is 10.6 Å². The fourth-order valence-electron chi connectivity index (χ4n) is 1.47. The Morgan fingerprint density at radius 2 is 2.22 bits per heavy atom. The lowest BCUT2D eigenvalue weighted by Gasteiger charge is -2.04. The van der Waals surface area contributed by atoms with E-state index in [9.17, 15) is 4.39 Å². The smallest absolute Gasteiger partial charge is 0.165 e. The number of halogens is 1. The number of nitrogens with one attached hydrogen (secondary N) is 1. The highest BCUT2D eigenvalue weighted by Gasteiger charge is 2.08. The maximum atomic E-state index is 13.2. The molecule has 0 saturated heterocycles. The average Bonchev–Trinajstić information content (AvgIpc) is 2.79. The molecule has 0 bridgehead atoms. The van der Waals surface area contributed by atoms with Crippen LogP contribution < -0.4 is 5.32 Å². The van der Waals surface area contributed by atoms with Crippen LogP contribution in [0.2, 0.25) is 0 Å². The number of aromatic nitrogens is 1. The fourth-order valence-corrected chi connectivity index (χ4v) is 2.33. The van der Waals surface area contributed by atoms with Crippen LogP contribution in [-0.4, -0.2) is 16.1 Å². The normalized spacial score (nSPS) is 11.1. The maximum absolute atomic E-state index is 13.2. The molecule has 0 saturated carbocycles. The highest BCUT2D eigenvalue weighted by atomic mass is 32.1. The van der Waals surface area contributed by atoms with Crippen LogP contribution in [0.4, 0.5) is 4.39 Å². The molecular formula is C13H15FN2OS. The van der Waals surface area contributed by atoms with Gasteiger partial charge in [-0.05, 0) is 18.2 Å². The van der Waals surface area contributed by atoms with Gasteiger partial charge in [-0.2, -0.15) is 0 Å². The van der Waals surface area contributed by atoms with E-state index in [0.717, 1.165) is 16.4 Å². The molecule has 5 heteroatoms. The van der Waals surface area contributed by atoms with Crippen molar-refractivity contribution in [3.63, 3.8) is 0 Å². The summed E-state index contributed by atoms with van der Waals surface area (Å²) >= 11 is 1.52. The zero-order valence-electron chi connectivity index (χ0n) is 10.3. The number of hydrogen-bond donors (Lipinski definition) is 2. The summed E-state index contributed by atoms with van der Waals surface area (Å²) in [5.41, 5.74) is 0.686. The molecule has 3 nitrogen and oxygen atoms in total. The highest BCUT2D eigenvalue weighted by molar-refractivity contribution is 7.15. The summed E-state index contributed by atoms with van der Waals surface area (Å²) in [6.07, 6.45) is 1.79. The standard InChI is InChI=1S/C13H15FN2OS/c1-8(2)15-6-10-7-16-13(18-10)9-3-4-12(17)11(14)5-9/h3-5,7-8,15,17H,6H2,1-2H3. The van der Waals surface area contributed by atoms with Crippen LogP contribution in [0.1, 0.15) is 18.7 Å². The Kier molecular flexibility index (Phi) is 3.93. The van der Waals surface area contributed by atoms with Crippen molar-refractivity contribution in [3.05, 3.63) is 35.1 Å². The third-order valence-electron chi connectivity index (χ3n) is 2.43. The van der Waals surface area contributed by atoms with E-state index in [1.165, 1.54) is 23.5 Å². The number of phenols is 1. The third-order valence-corrected chi connectivity index (χ3v) is 3.48. The maximum Gasteiger partial charge on any atom is 0.165 e. The Bertz CT molecular complexity index is 540. The van der Waals surface area contributed by atoms with Crippen LogP contribution >= 0.6 is 11.3 Å². The molecule has 2 N–H and O–H groups in total. The van der Waals surface area contributed by atoms with Gasteiger partial charge < -0.3 is 10.4 Å². The van der Waals surface area contributed by atoms with Crippen LogP contribution in [0, 0.1) is 5.82 Å². The summed E-state index contributed by atoms with van der Waals surface area (Å²) in [5, 5.41) is 13.2. The lowest BCUT2D eigenvalue weighted by atomic mass is 10.2. The molecule has 0 amide bonds. The molecule has 0 aliphatic heterocycles. The van der Waals surface area contributed by atoms with E-state index >= 15 is 0 Å². The van der Waals surface area contributed by atoms with Crippen molar-refractivity contribution in [1.82, 2.24) is 10.3 Å². The summed E-state index contributed by atoms with van der Waals surface area (Å²) < 4.78 is 13.2. The minimum Gasteiger partial charge on any atom is -0.505 e. The molecule has 1 aromatic carbocycles. The first-order chi connectivity index (χ1) is 8.56. The number of benzene rings is 1. The Morgan fingerprint density at radius 3 is 2.89 bits per heavy atom. The van der Waals surface area contributed by atoms with Crippen molar-refractivity contribution in [3.8, 4) is 16.3 Å². The average molecular weight is 266 g/mol. The Labute approximate surface area is 109 Å². The second kappa shape index (κ2) is 5.46. The first-order valence-corrected chi connectivity index (χ1v) is 6.55. The molecule has 0 aliphatic rings. The van der Waals surface area contributed by atoms with Gasteiger partial charge in [0.05, 0.1) is 0 Å². The van der Waals surface area contributed by atoms with Crippen molar-refractivity contribution in [2.75, 3.05) is 0 Å². The second-order valence-electron chi connectivity index (χ2n) is 4.33. The Balaban J connectivity index is 2.16. The van der Waals surface area contributed by atoms with Crippen molar-refractivity contribution in [2.24, 2.45) is 0 Å². The molecule has 0 fully saturated rings. The molecule has 0 atom stereocenters. The predicted molar refractivity (Wildman–Crippen MR) is 71.1 cm³/mol. The van der Waals surface area contributed by atoms with Crippen molar-refractivity contribution in [1.29, 1.82) is 0 Å². The summed E-state index contributed by atoms with van der Waals surface area (Å²) in [6, 6.07) is 4.73. The van der Waals surface area contributed by atoms with Gasteiger partial charge in [-0.3, -0.25) is 0 Å². The lowest BCUT2D eigenvalue weighted by molar-refractivity contribution is 0.432. The quantitative estimate of drug-likeness (QED) is 0.893. The van der Waals surface area contributed by atoms with Gasteiger partial charge in [0, 0.05) is 29.2 Å². The van der Waals surface area contributed by atoms with Gasteiger partial charge in [0.2, 0.25) is 0 Å². The van der Waals surface area contributed by atoms with Crippen LogP contribution in [0.5, 0.6) is 5.75 Å². The van der Waals surface area contributed by atoms with Crippen LogP contribution in [0.15, 0.2) is 24.4 Å². The number of rotatable bonds is 4. The van der Waals surface area contributed by atoms with Gasteiger partial charge in [0.1, 0.15) is 5.01 Å². The molecule has 1 aromatic heterocycles. The third kappa shape index (κ3) is 3.05. The molecule has 0 unspecified atom stereocenters. The van der Waals surface area contributed by atoms with Gasteiger partial charge in [-0.1, -0.05) is 13.8 Å². The van der Waals surface area contributed by atoms with Gasteiger partial charge in [0.25, 0.3) is 0 Å². The lowest BCUT2D eigenvalue weighted by Crippen LogP contribution is -2.21. The van der Waals surface area contributed by atoms with Crippen molar-refractivity contribution < 1.29 is 9.50 Å². The van der Waals surface area contributed by atoms with E-state index in [-0.39, 0.29) is 5.75 Å². The fraction of sp³-hybridized carbons (Fsp3) is 0.308.